The average molecular weight is 223 g/mol. The molecule has 0 saturated carbocycles. The van der Waals surface area contributed by atoms with Gasteiger partial charge in [-0.25, -0.2) is 4.98 Å². The van der Waals surface area contributed by atoms with Gasteiger partial charge in [0.05, 0.1) is 19.3 Å². The van der Waals surface area contributed by atoms with Gasteiger partial charge in [0.15, 0.2) is 0 Å². The standard InChI is InChI=1S/C11H17N3O2/c12-11-5-9(1-2-13-11)6-14-3-4-16-10(7-14)8-15/h1-2,5,10,15H,3-4,6-8H2,(H2,12,13). The van der Waals surface area contributed by atoms with Gasteiger partial charge >= 0.3 is 0 Å². The highest BCUT2D eigenvalue weighted by Gasteiger charge is 2.19. The van der Waals surface area contributed by atoms with Crippen LogP contribution in [0.4, 0.5) is 5.82 Å². The molecule has 1 unspecified atom stereocenters. The smallest absolute Gasteiger partial charge is 0.123 e. The summed E-state index contributed by atoms with van der Waals surface area (Å²) in [5.74, 6) is 0.546. The molecule has 16 heavy (non-hydrogen) atoms. The molecule has 88 valence electrons. The van der Waals surface area contributed by atoms with E-state index in [0.717, 1.165) is 25.2 Å². The maximum absolute atomic E-state index is 9.04. The van der Waals surface area contributed by atoms with E-state index in [1.807, 2.05) is 12.1 Å². The molecule has 0 aromatic carbocycles. The summed E-state index contributed by atoms with van der Waals surface area (Å²) in [6, 6.07) is 3.84. The fraction of sp³-hybridized carbons (Fsp3) is 0.545. The minimum Gasteiger partial charge on any atom is -0.394 e. The highest BCUT2D eigenvalue weighted by Crippen LogP contribution is 2.11. The maximum Gasteiger partial charge on any atom is 0.123 e. The van der Waals surface area contributed by atoms with Crippen LogP contribution in [0.2, 0.25) is 0 Å². The number of nitrogens with two attached hydrogens (primary N) is 1. The van der Waals surface area contributed by atoms with Crippen molar-refractivity contribution in [2.45, 2.75) is 12.6 Å². The molecule has 0 radical (unpaired) electrons. The monoisotopic (exact) mass is 223 g/mol. The van der Waals surface area contributed by atoms with E-state index in [0.29, 0.717) is 12.4 Å². The average Bonchev–Trinajstić information content (AvgIpc) is 2.29. The number of nitrogen functional groups attached to an aromatic ring is 1. The Morgan fingerprint density at radius 1 is 1.62 bits per heavy atom. The van der Waals surface area contributed by atoms with E-state index in [1.54, 1.807) is 6.20 Å². The number of aliphatic hydroxyl groups is 1. The number of hydrogen-bond acceptors (Lipinski definition) is 5. The van der Waals surface area contributed by atoms with Crippen LogP contribution in [0.15, 0.2) is 18.3 Å². The van der Waals surface area contributed by atoms with Gasteiger partial charge in [-0.15, -0.1) is 0 Å². The summed E-state index contributed by atoms with van der Waals surface area (Å²) in [6.45, 7) is 3.23. The van der Waals surface area contributed by atoms with Gasteiger partial charge in [-0.2, -0.15) is 0 Å². The number of ether oxygens (including phenoxy) is 1. The Kier molecular flexibility index (Phi) is 3.71. The van der Waals surface area contributed by atoms with Gasteiger partial charge in [0.1, 0.15) is 5.82 Å². The number of hydrogen-bond donors (Lipinski definition) is 2. The second-order valence-electron chi connectivity index (χ2n) is 4.00. The second-order valence-corrected chi connectivity index (χ2v) is 4.00. The minimum absolute atomic E-state index is 0.0621. The van der Waals surface area contributed by atoms with Crippen molar-refractivity contribution in [1.29, 1.82) is 0 Å². The van der Waals surface area contributed by atoms with Gasteiger partial charge in [0.2, 0.25) is 0 Å². The van der Waals surface area contributed by atoms with Crippen molar-refractivity contribution < 1.29 is 9.84 Å². The molecule has 1 fully saturated rings. The molecule has 0 amide bonds. The molecule has 0 aliphatic carbocycles. The van der Waals surface area contributed by atoms with Crippen molar-refractivity contribution in [3.63, 3.8) is 0 Å². The molecular formula is C11H17N3O2. The number of anilines is 1. The first-order valence-electron chi connectivity index (χ1n) is 5.43. The first-order chi connectivity index (χ1) is 7.78. The molecule has 1 aliphatic heterocycles. The number of morpholine rings is 1. The fourth-order valence-corrected chi connectivity index (χ4v) is 1.89. The summed E-state index contributed by atoms with van der Waals surface area (Å²) in [5, 5.41) is 9.04. The lowest BCUT2D eigenvalue weighted by Crippen LogP contribution is -2.43. The lowest BCUT2D eigenvalue weighted by atomic mass is 10.2. The molecule has 1 aliphatic rings. The lowest BCUT2D eigenvalue weighted by Gasteiger charge is -2.31. The fourth-order valence-electron chi connectivity index (χ4n) is 1.89. The van der Waals surface area contributed by atoms with Gasteiger partial charge in [0.25, 0.3) is 0 Å². The number of aromatic nitrogens is 1. The third-order valence-corrected chi connectivity index (χ3v) is 2.68. The van der Waals surface area contributed by atoms with E-state index >= 15 is 0 Å². The van der Waals surface area contributed by atoms with E-state index in [1.165, 1.54) is 0 Å². The van der Waals surface area contributed by atoms with Crippen molar-refractivity contribution in [2.24, 2.45) is 0 Å². The van der Waals surface area contributed by atoms with Crippen molar-refractivity contribution in [2.75, 3.05) is 32.0 Å². The van der Waals surface area contributed by atoms with Crippen molar-refractivity contribution in [3.05, 3.63) is 23.9 Å². The molecular weight excluding hydrogens is 206 g/mol. The molecule has 5 nitrogen and oxygen atoms in total. The van der Waals surface area contributed by atoms with E-state index in [9.17, 15) is 0 Å². The summed E-state index contributed by atoms with van der Waals surface area (Å²) in [5.41, 5.74) is 6.77. The van der Waals surface area contributed by atoms with Crippen molar-refractivity contribution >= 4 is 5.82 Å². The summed E-state index contributed by atoms with van der Waals surface area (Å²) < 4.78 is 5.39. The highest BCUT2D eigenvalue weighted by molar-refractivity contribution is 5.31. The third kappa shape index (κ3) is 2.91. The SMILES string of the molecule is Nc1cc(CN2CCOC(CO)C2)ccn1. The predicted molar refractivity (Wildman–Crippen MR) is 60.8 cm³/mol. The molecule has 2 rings (SSSR count). The zero-order chi connectivity index (χ0) is 11.4. The van der Waals surface area contributed by atoms with Gasteiger partial charge < -0.3 is 15.6 Å². The van der Waals surface area contributed by atoms with Crippen LogP contribution in [0.5, 0.6) is 0 Å². The van der Waals surface area contributed by atoms with Crippen LogP contribution in [-0.2, 0) is 11.3 Å². The Bertz CT molecular complexity index is 346. The van der Waals surface area contributed by atoms with Crippen LogP contribution in [-0.4, -0.2) is 47.4 Å². The summed E-state index contributed by atoms with van der Waals surface area (Å²) in [6.07, 6.45) is 1.65. The number of pyridine rings is 1. The Morgan fingerprint density at radius 3 is 3.25 bits per heavy atom. The molecule has 1 saturated heterocycles. The molecule has 0 spiro atoms. The van der Waals surface area contributed by atoms with Gasteiger partial charge in [-0.05, 0) is 17.7 Å². The topological polar surface area (TPSA) is 71.6 Å². The number of rotatable bonds is 3. The number of aliphatic hydroxyl groups excluding tert-OH is 1. The zero-order valence-corrected chi connectivity index (χ0v) is 9.17. The van der Waals surface area contributed by atoms with E-state index in [4.69, 9.17) is 15.6 Å². The molecule has 1 atom stereocenters. The van der Waals surface area contributed by atoms with E-state index in [-0.39, 0.29) is 12.7 Å². The molecule has 2 heterocycles. The molecule has 5 heteroatoms. The van der Waals surface area contributed by atoms with E-state index in [2.05, 4.69) is 9.88 Å². The van der Waals surface area contributed by atoms with Crippen LogP contribution in [0.25, 0.3) is 0 Å². The van der Waals surface area contributed by atoms with Gasteiger partial charge in [-0.3, -0.25) is 4.90 Å². The predicted octanol–water partition coefficient (Wildman–Crippen LogP) is -0.143. The maximum atomic E-state index is 9.04. The first kappa shape index (κ1) is 11.3. The van der Waals surface area contributed by atoms with E-state index < -0.39 is 0 Å². The summed E-state index contributed by atoms with van der Waals surface area (Å²) in [4.78, 5) is 6.21. The van der Waals surface area contributed by atoms with Crippen LogP contribution >= 0.6 is 0 Å². The molecule has 3 N–H and O–H groups in total. The van der Waals surface area contributed by atoms with Crippen molar-refractivity contribution in [1.82, 2.24) is 9.88 Å². The summed E-state index contributed by atoms with van der Waals surface area (Å²) >= 11 is 0. The first-order valence-corrected chi connectivity index (χ1v) is 5.43. The molecule has 0 bridgehead atoms. The van der Waals surface area contributed by atoms with Crippen molar-refractivity contribution in [3.8, 4) is 0 Å². The number of nitrogens with zero attached hydrogens (tertiary/aromatic N) is 2. The third-order valence-electron chi connectivity index (χ3n) is 2.68. The Hall–Kier alpha value is -1.17. The van der Waals surface area contributed by atoms with Crippen LogP contribution < -0.4 is 5.73 Å². The summed E-state index contributed by atoms with van der Waals surface area (Å²) in [7, 11) is 0. The second kappa shape index (κ2) is 5.25. The zero-order valence-electron chi connectivity index (χ0n) is 9.17. The highest BCUT2D eigenvalue weighted by atomic mass is 16.5. The van der Waals surface area contributed by atoms with Crippen LogP contribution in [0.3, 0.4) is 0 Å². The Labute approximate surface area is 94.8 Å². The van der Waals surface area contributed by atoms with Gasteiger partial charge in [-0.1, -0.05) is 0 Å². The molecule has 1 aromatic heterocycles. The van der Waals surface area contributed by atoms with Crippen LogP contribution in [0.1, 0.15) is 5.56 Å². The largest absolute Gasteiger partial charge is 0.394 e. The van der Waals surface area contributed by atoms with Crippen LogP contribution in [0, 0.1) is 0 Å². The normalized spacial score (nSPS) is 22.2. The minimum atomic E-state index is -0.0621. The lowest BCUT2D eigenvalue weighted by molar-refractivity contribution is -0.0551. The van der Waals surface area contributed by atoms with Gasteiger partial charge in [0, 0.05) is 25.8 Å². The Balaban J connectivity index is 1.94. The quantitative estimate of drug-likeness (QED) is 0.746. The molecule has 1 aromatic rings. The Morgan fingerprint density at radius 2 is 2.50 bits per heavy atom.